The Hall–Kier alpha value is -1.62. The number of ether oxygens (including phenoxy) is 1. The van der Waals surface area contributed by atoms with E-state index in [4.69, 9.17) is 4.74 Å². The number of hydrogen-bond donors (Lipinski definition) is 1. The number of aryl methyl sites for hydroxylation is 2. The fraction of sp³-hybridized carbons (Fsp3) is 0.538. The van der Waals surface area contributed by atoms with E-state index in [-0.39, 0.29) is 10.6 Å². The van der Waals surface area contributed by atoms with Gasteiger partial charge >= 0.3 is 0 Å². The molecule has 1 aromatic carbocycles. The molecule has 0 aliphatic heterocycles. The number of nitro groups is 1. The highest BCUT2D eigenvalue weighted by Crippen LogP contribution is 2.27. The number of benzene rings is 1. The summed E-state index contributed by atoms with van der Waals surface area (Å²) in [7, 11) is 0. The van der Waals surface area contributed by atoms with Crippen molar-refractivity contribution in [2.45, 2.75) is 27.2 Å². The number of rotatable bonds is 7. The van der Waals surface area contributed by atoms with Gasteiger partial charge in [-0.25, -0.2) is 0 Å². The molecule has 0 radical (unpaired) electrons. The zero-order chi connectivity index (χ0) is 13.5. The minimum Gasteiger partial charge on any atom is -0.493 e. The average molecular weight is 252 g/mol. The smallest absolute Gasteiger partial charge is 0.276 e. The van der Waals surface area contributed by atoms with Crippen LogP contribution in [0.25, 0.3) is 0 Å². The summed E-state index contributed by atoms with van der Waals surface area (Å²) < 4.78 is 5.58. The first-order chi connectivity index (χ1) is 8.56. The third kappa shape index (κ3) is 4.00. The minimum absolute atomic E-state index is 0.113. The maximum atomic E-state index is 10.8. The van der Waals surface area contributed by atoms with Gasteiger partial charge in [-0.3, -0.25) is 10.1 Å². The first-order valence-corrected chi connectivity index (χ1v) is 6.15. The Morgan fingerprint density at radius 3 is 2.67 bits per heavy atom. The van der Waals surface area contributed by atoms with E-state index in [0.29, 0.717) is 17.9 Å². The Morgan fingerprint density at radius 2 is 2.06 bits per heavy atom. The predicted molar refractivity (Wildman–Crippen MR) is 71.2 cm³/mol. The maximum absolute atomic E-state index is 10.8. The van der Waals surface area contributed by atoms with Crippen LogP contribution in [-0.4, -0.2) is 24.6 Å². The summed E-state index contributed by atoms with van der Waals surface area (Å²) in [6.07, 6.45) is 0.884. The molecule has 18 heavy (non-hydrogen) atoms. The van der Waals surface area contributed by atoms with Crippen molar-refractivity contribution in [3.8, 4) is 5.75 Å². The van der Waals surface area contributed by atoms with Gasteiger partial charge in [0.15, 0.2) is 0 Å². The molecule has 0 fully saturated rings. The molecule has 0 saturated carbocycles. The van der Waals surface area contributed by atoms with Crippen LogP contribution in [0, 0.1) is 24.0 Å². The van der Waals surface area contributed by atoms with E-state index in [0.717, 1.165) is 25.1 Å². The molecule has 1 N–H and O–H groups in total. The fourth-order valence-electron chi connectivity index (χ4n) is 1.73. The third-order valence-electron chi connectivity index (χ3n) is 2.70. The molecule has 0 spiro atoms. The summed E-state index contributed by atoms with van der Waals surface area (Å²) in [6, 6.07) is 3.30. The molecule has 0 unspecified atom stereocenters. The molecule has 100 valence electrons. The Bertz CT molecular complexity index is 419. The average Bonchev–Trinajstić information content (AvgIpc) is 2.30. The molecule has 0 atom stereocenters. The standard InChI is InChI=1S/C13H20N2O3/c1-4-14-6-5-7-18-13-9-12(15(16)17)10(2)8-11(13)3/h8-9,14H,4-7H2,1-3H3. The fourth-order valence-corrected chi connectivity index (χ4v) is 1.73. The van der Waals surface area contributed by atoms with Crippen LogP contribution in [0.4, 0.5) is 5.69 Å². The lowest BCUT2D eigenvalue weighted by Gasteiger charge is -2.10. The molecule has 0 aromatic heterocycles. The van der Waals surface area contributed by atoms with Crippen LogP contribution in [0.15, 0.2) is 12.1 Å². The van der Waals surface area contributed by atoms with Gasteiger partial charge in [0.2, 0.25) is 0 Å². The molecule has 0 amide bonds. The SMILES string of the molecule is CCNCCCOc1cc([N+](=O)[O-])c(C)cc1C. The number of nitrogens with one attached hydrogen (secondary N) is 1. The Kier molecular flexibility index (Phi) is 5.58. The zero-order valence-electron chi connectivity index (χ0n) is 11.2. The van der Waals surface area contributed by atoms with E-state index >= 15 is 0 Å². The van der Waals surface area contributed by atoms with Gasteiger partial charge in [-0.15, -0.1) is 0 Å². The highest BCUT2D eigenvalue weighted by atomic mass is 16.6. The van der Waals surface area contributed by atoms with Crippen LogP contribution in [0.2, 0.25) is 0 Å². The molecule has 0 heterocycles. The summed E-state index contributed by atoms with van der Waals surface area (Å²) >= 11 is 0. The van der Waals surface area contributed by atoms with Crippen LogP contribution < -0.4 is 10.1 Å². The van der Waals surface area contributed by atoms with Crippen molar-refractivity contribution >= 4 is 5.69 Å². The third-order valence-corrected chi connectivity index (χ3v) is 2.70. The molecular weight excluding hydrogens is 232 g/mol. The molecule has 0 aliphatic carbocycles. The van der Waals surface area contributed by atoms with Gasteiger partial charge in [0, 0.05) is 5.56 Å². The van der Waals surface area contributed by atoms with Crippen LogP contribution >= 0.6 is 0 Å². The highest BCUT2D eigenvalue weighted by molar-refractivity contribution is 5.49. The molecule has 1 aromatic rings. The molecule has 0 aliphatic rings. The van der Waals surface area contributed by atoms with Crippen molar-refractivity contribution < 1.29 is 9.66 Å². The number of nitrogens with zero attached hydrogens (tertiary/aromatic N) is 1. The second-order valence-electron chi connectivity index (χ2n) is 4.22. The van der Waals surface area contributed by atoms with E-state index in [1.807, 2.05) is 13.8 Å². The van der Waals surface area contributed by atoms with Crippen molar-refractivity contribution in [1.82, 2.24) is 5.32 Å². The molecule has 0 saturated heterocycles. The predicted octanol–water partition coefficient (Wildman–Crippen LogP) is 2.59. The zero-order valence-corrected chi connectivity index (χ0v) is 11.2. The van der Waals surface area contributed by atoms with Gasteiger partial charge in [-0.1, -0.05) is 6.92 Å². The Morgan fingerprint density at radius 1 is 1.33 bits per heavy atom. The first kappa shape index (κ1) is 14.4. The van der Waals surface area contributed by atoms with Gasteiger partial charge < -0.3 is 10.1 Å². The second kappa shape index (κ2) is 6.96. The van der Waals surface area contributed by atoms with Crippen molar-refractivity contribution in [3.63, 3.8) is 0 Å². The quantitative estimate of drug-likeness (QED) is 0.460. The molecular formula is C13H20N2O3. The lowest BCUT2D eigenvalue weighted by Crippen LogP contribution is -2.16. The molecule has 5 nitrogen and oxygen atoms in total. The minimum atomic E-state index is -0.375. The highest BCUT2D eigenvalue weighted by Gasteiger charge is 2.14. The number of nitro benzene ring substituents is 1. The van der Waals surface area contributed by atoms with Crippen LogP contribution in [0.5, 0.6) is 5.75 Å². The lowest BCUT2D eigenvalue weighted by molar-refractivity contribution is -0.385. The van der Waals surface area contributed by atoms with E-state index in [2.05, 4.69) is 5.32 Å². The normalized spacial score (nSPS) is 10.4. The lowest BCUT2D eigenvalue weighted by atomic mass is 10.1. The molecule has 5 heteroatoms. The number of hydrogen-bond acceptors (Lipinski definition) is 4. The van der Waals surface area contributed by atoms with Crippen molar-refractivity contribution in [2.24, 2.45) is 0 Å². The topological polar surface area (TPSA) is 64.4 Å². The van der Waals surface area contributed by atoms with Gasteiger partial charge in [0.25, 0.3) is 5.69 Å². The van der Waals surface area contributed by atoms with Crippen molar-refractivity contribution in [1.29, 1.82) is 0 Å². The van der Waals surface area contributed by atoms with E-state index in [1.54, 1.807) is 13.0 Å². The summed E-state index contributed by atoms with van der Waals surface area (Å²) in [5.41, 5.74) is 1.71. The van der Waals surface area contributed by atoms with E-state index in [1.165, 1.54) is 6.07 Å². The summed E-state index contributed by atoms with van der Waals surface area (Å²) in [6.45, 7) is 8.08. The van der Waals surface area contributed by atoms with Gasteiger partial charge in [-0.2, -0.15) is 0 Å². The summed E-state index contributed by atoms with van der Waals surface area (Å²) in [5.74, 6) is 0.601. The van der Waals surface area contributed by atoms with Crippen molar-refractivity contribution in [3.05, 3.63) is 33.4 Å². The monoisotopic (exact) mass is 252 g/mol. The molecule has 0 bridgehead atoms. The first-order valence-electron chi connectivity index (χ1n) is 6.15. The van der Waals surface area contributed by atoms with Gasteiger partial charge in [-0.05, 0) is 45.0 Å². The van der Waals surface area contributed by atoms with Crippen molar-refractivity contribution in [2.75, 3.05) is 19.7 Å². The molecule has 1 rings (SSSR count). The van der Waals surface area contributed by atoms with Gasteiger partial charge in [0.05, 0.1) is 17.6 Å². The summed E-state index contributed by atoms with van der Waals surface area (Å²) in [5, 5.41) is 14.0. The van der Waals surface area contributed by atoms with Crippen LogP contribution in [0.3, 0.4) is 0 Å². The Labute approximate surface area is 107 Å². The maximum Gasteiger partial charge on any atom is 0.276 e. The van der Waals surface area contributed by atoms with Crippen LogP contribution in [0.1, 0.15) is 24.5 Å². The van der Waals surface area contributed by atoms with Gasteiger partial charge in [0.1, 0.15) is 5.75 Å². The largest absolute Gasteiger partial charge is 0.493 e. The summed E-state index contributed by atoms with van der Waals surface area (Å²) in [4.78, 5) is 10.5. The second-order valence-corrected chi connectivity index (χ2v) is 4.22. The van der Waals surface area contributed by atoms with Crippen LogP contribution in [-0.2, 0) is 0 Å². The van der Waals surface area contributed by atoms with E-state index < -0.39 is 0 Å². The Balaban J connectivity index is 2.65. The van der Waals surface area contributed by atoms with E-state index in [9.17, 15) is 10.1 Å².